The first-order chi connectivity index (χ1) is 8.81. The summed E-state index contributed by atoms with van der Waals surface area (Å²) in [4.78, 5) is 11.8. The Balaban J connectivity index is 1.67. The van der Waals surface area contributed by atoms with Gasteiger partial charge in [0.1, 0.15) is 6.54 Å². The predicted molar refractivity (Wildman–Crippen MR) is 67.3 cm³/mol. The number of aromatic nitrogens is 3. The Morgan fingerprint density at radius 2 is 2.44 bits per heavy atom. The summed E-state index contributed by atoms with van der Waals surface area (Å²) < 4.78 is 1.49. The first-order valence-corrected chi connectivity index (χ1v) is 5.82. The molecule has 0 aliphatic carbocycles. The van der Waals surface area contributed by atoms with E-state index < -0.39 is 0 Å². The normalized spacial score (nSPS) is 12.9. The fourth-order valence-electron chi connectivity index (χ4n) is 2.05. The average Bonchev–Trinajstić information content (AvgIpc) is 2.98. The highest BCUT2D eigenvalue weighted by molar-refractivity contribution is 5.91. The number of fused-ring (bicyclic) bond motifs is 1. The van der Waals surface area contributed by atoms with Crippen molar-refractivity contribution in [3.63, 3.8) is 0 Å². The van der Waals surface area contributed by atoms with Crippen molar-refractivity contribution < 1.29 is 4.79 Å². The fraction of sp³-hybridized carbons (Fsp3) is 0.250. The summed E-state index contributed by atoms with van der Waals surface area (Å²) >= 11 is 0. The van der Waals surface area contributed by atoms with Crippen molar-refractivity contribution in [3.8, 4) is 0 Å². The number of benzene rings is 1. The summed E-state index contributed by atoms with van der Waals surface area (Å²) in [6, 6.07) is 5.90. The molecule has 0 saturated carbocycles. The van der Waals surface area contributed by atoms with E-state index in [2.05, 4.69) is 20.9 Å². The molecule has 0 atom stereocenters. The van der Waals surface area contributed by atoms with E-state index in [0.717, 1.165) is 24.3 Å². The number of amides is 1. The molecular weight excluding hydrogens is 230 g/mol. The second kappa shape index (κ2) is 4.48. The van der Waals surface area contributed by atoms with Crippen LogP contribution in [0.2, 0.25) is 0 Å². The largest absolute Gasteiger partial charge is 0.384 e. The Bertz CT molecular complexity index is 564. The summed E-state index contributed by atoms with van der Waals surface area (Å²) in [7, 11) is 0. The minimum atomic E-state index is -0.105. The van der Waals surface area contributed by atoms with E-state index in [1.54, 1.807) is 12.4 Å². The van der Waals surface area contributed by atoms with Crippen LogP contribution in [0.25, 0.3) is 0 Å². The molecule has 1 aliphatic heterocycles. The van der Waals surface area contributed by atoms with Gasteiger partial charge in [-0.1, -0.05) is 5.21 Å². The standard InChI is InChI=1S/C12H13N5O/c18-12(8-17-6-5-14-16-17)15-10-1-2-11-9(7-10)3-4-13-11/h1-2,5-7,13H,3-4,8H2,(H,15,18). The van der Waals surface area contributed by atoms with Crippen LogP contribution in [0.5, 0.6) is 0 Å². The van der Waals surface area contributed by atoms with Crippen LogP contribution >= 0.6 is 0 Å². The van der Waals surface area contributed by atoms with Crippen molar-refractivity contribution in [2.45, 2.75) is 13.0 Å². The minimum Gasteiger partial charge on any atom is -0.384 e. The number of carbonyl (C=O) groups is 1. The number of carbonyl (C=O) groups excluding carboxylic acids is 1. The van der Waals surface area contributed by atoms with Crippen LogP contribution in [0.1, 0.15) is 5.56 Å². The molecule has 0 saturated heterocycles. The lowest BCUT2D eigenvalue weighted by atomic mass is 10.1. The first kappa shape index (κ1) is 10.8. The molecule has 0 fully saturated rings. The molecule has 1 aromatic carbocycles. The molecule has 92 valence electrons. The maximum atomic E-state index is 11.8. The molecule has 2 heterocycles. The lowest BCUT2D eigenvalue weighted by Gasteiger charge is -2.07. The van der Waals surface area contributed by atoms with Gasteiger partial charge < -0.3 is 10.6 Å². The second-order valence-electron chi connectivity index (χ2n) is 4.20. The van der Waals surface area contributed by atoms with Crippen LogP contribution in [0.4, 0.5) is 11.4 Å². The summed E-state index contributed by atoms with van der Waals surface area (Å²) in [6.07, 6.45) is 4.21. The molecule has 0 unspecified atom stereocenters. The first-order valence-electron chi connectivity index (χ1n) is 5.82. The summed E-state index contributed by atoms with van der Waals surface area (Å²) in [5.74, 6) is -0.105. The summed E-state index contributed by atoms with van der Waals surface area (Å²) in [5, 5.41) is 13.5. The van der Waals surface area contributed by atoms with Gasteiger partial charge in [0, 0.05) is 24.1 Å². The topological polar surface area (TPSA) is 71.8 Å². The van der Waals surface area contributed by atoms with Crippen molar-refractivity contribution >= 4 is 17.3 Å². The number of anilines is 2. The van der Waals surface area contributed by atoms with Gasteiger partial charge in [0.25, 0.3) is 0 Å². The average molecular weight is 243 g/mol. The van der Waals surface area contributed by atoms with Gasteiger partial charge in [0.15, 0.2) is 0 Å². The van der Waals surface area contributed by atoms with E-state index in [1.165, 1.54) is 10.2 Å². The molecular formula is C12H13N5O. The molecule has 2 aromatic rings. The third-order valence-electron chi connectivity index (χ3n) is 2.88. The number of rotatable bonds is 3. The Morgan fingerprint density at radius 3 is 3.28 bits per heavy atom. The zero-order chi connectivity index (χ0) is 12.4. The lowest BCUT2D eigenvalue weighted by Crippen LogP contribution is -2.19. The maximum Gasteiger partial charge on any atom is 0.246 e. The Hall–Kier alpha value is -2.37. The van der Waals surface area contributed by atoms with Crippen molar-refractivity contribution in [1.29, 1.82) is 0 Å². The molecule has 1 aliphatic rings. The van der Waals surface area contributed by atoms with Gasteiger partial charge in [-0.3, -0.25) is 4.79 Å². The zero-order valence-corrected chi connectivity index (χ0v) is 9.76. The highest BCUT2D eigenvalue weighted by atomic mass is 16.2. The highest BCUT2D eigenvalue weighted by Gasteiger charge is 2.11. The number of hydrogen-bond donors (Lipinski definition) is 2. The van der Waals surface area contributed by atoms with Crippen LogP contribution in [0.3, 0.4) is 0 Å². The van der Waals surface area contributed by atoms with Crippen LogP contribution in [0, 0.1) is 0 Å². The van der Waals surface area contributed by atoms with E-state index in [4.69, 9.17) is 0 Å². The number of hydrogen-bond acceptors (Lipinski definition) is 4. The van der Waals surface area contributed by atoms with Gasteiger partial charge in [0.05, 0.1) is 6.20 Å². The van der Waals surface area contributed by atoms with Crippen LogP contribution < -0.4 is 10.6 Å². The van der Waals surface area contributed by atoms with E-state index in [-0.39, 0.29) is 12.5 Å². The van der Waals surface area contributed by atoms with E-state index in [1.807, 2.05) is 18.2 Å². The molecule has 6 heteroatoms. The van der Waals surface area contributed by atoms with E-state index in [9.17, 15) is 4.79 Å². The molecule has 1 amide bonds. The van der Waals surface area contributed by atoms with Gasteiger partial charge in [-0.15, -0.1) is 5.10 Å². The predicted octanol–water partition coefficient (Wildman–Crippen LogP) is 0.885. The number of nitrogens with one attached hydrogen (secondary N) is 2. The Labute approximate surface area is 104 Å². The van der Waals surface area contributed by atoms with Crippen molar-refractivity contribution in [2.24, 2.45) is 0 Å². The summed E-state index contributed by atoms with van der Waals surface area (Å²) in [5.41, 5.74) is 3.22. The smallest absolute Gasteiger partial charge is 0.246 e. The maximum absolute atomic E-state index is 11.8. The van der Waals surface area contributed by atoms with E-state index >= 15 is 0 Å². The molecule has 1 aromatic heterocycles. The molecule has 3 rings (SSSR count). The molecule has 0 radical (unpaired) electrons. The molecule has 18 heavy (non-hydrogen) atoms. The Kier molecular flexibility index (Phi) is 2.68. The third-order valence-corrected chi connectivity index (χ3v) is 2.88. The van der Waals surface area contributed by atoms with Gasteiger partial charge in [-0.2, -0.15) is 0 Å². The van der Waals surface area contributed by atoms with Gasteiger partial charge >= 0.3 is 0 Å². The molecule has 0 spiro atoms. The van der Waals surface area contributed by atoms with Crippen molar-refractivity contribution in [2.75, 3.05) is 17.2 Å². The van der Waals surface area contributed by atoms with Crippen LogP contribution in [-0.2, 0) is 17.8 Å². The zero-order valence-electron chi connectivity index (χ0n) is 9.76. The van der Waals surface area contributed by atoms with Crippen molar-refractivity contribution in [1.82, 2.24) is 15.0 Å². The van der Waals surface area contributed by atoms with Gasteiger partial charge in [-0.05, 0) is 30.2 Å². The number of nitrogens with zero attached hydrogens (tertiary/aromatic N) is 3. The Morgan fingerprint density at radius 1 is 1.50 bits per heavy atom. The van der Waals surface area contributed by atoms with E-state index in [0.29, 0.717) is 0 Å². The van der Waals surface area contributed by atoms with Gasteiger partial charge in [0.2, 0.25) is 5.91 Å². The summed E-state index contributed by atoms with van der Waals surface area (Å²) in [6.45, 7) is 1.14. The third kappa shape index (κ3) is 2.17. The minimum absolute atomic E-state index is 0.105. The van der Waals surface area contributed by atoms with Crippen molar-refractivity contribution in [3.05, 3.63) is 36.2 Å². The molecule has 6 nitrogen and oxygen atoms in total. The molecule has 2 N–H and O–H groups in total. The van der Waals surface area contributed by atoms with Crippen LogP contribution in [-0.4, -0.2) is 27.4 Å². The van der Waals surface area contributed by atoms with Gasteiger partial charge in [-0.25, -0.2) is 4.68 Å². The second-order valence-corrected chi connectivity index (χ2v) is 4.20. The monoisotopic (exact) mass is 243 g/mol. The lowest BCUT2D eigenvalue weighted by molar-refractivity contribution is -0.116. The molecule has 0 bridgehead atoms. The highest BCUT2D eigenvalue weighted by Crippen LogP contribution is 2.25. The fourth-order valence-corrected chi connectivity index (χ4v) is 2.05. The van der Waals surface area contributed by atoms with Crippen LogP contribution in [0.15, 0.2) is 30.6 Å². The quantitative estimate of drug-likeness (QED) is 0.839. The SMILES string of the molecule is O=C(Cn1ccnn1)Nc1ccc2c(c1)CCN2.